The summed E-state index contributed by atoms with van der Waals surface area (Å²) in [5, 5.41) is 15.0. The number of aliphatic hydroxyl groups is 1. The van der Waals surface area contributed by atoms with Crippen LogP contribution < -0.4 is 10.6 Å². The molecule has 3 amide bonds. The number of nitrogens with one attached hydrogen (secondary N) is 2. The summed E-state index contributed by atoms with van der Waals surface area (Å²) in [4.78, 5) is 26.1. The maximum Gasteiger partial charge on any atom is 0.322 e. The minimum Gasteiger partial charge on any atom is -0.391 e. The van der Waals surface area contributed by atoms with Crippen molar-refractivity contribution in [2.45, 2.75) is 25.1 Å². The molecule has 1 saturated heterocycles. The van der Waals surface area contributed by atoms with Crippen molar-refractivity contribution in [3.05, 3.63) is 65.7 Å². The van der Waals surface area contributed by atoms with Crippen LogP contribution >= 0.6 is 0 Å². The molecular formula is C19H19F2N3O3. The summed E-state index contributed by atoms with van der Waals surface area (Å²) >= 11 is 0. The van der Waals surface area contributed by atoms with E-state index >= 15 is 0 Å². The molecule has 0 radical (unpaired) electrons. The molecule has 142 valence electrons. The van der Waals surface area contributed by atoms with E-state index in [0.29, 0.717) is 5.56 Å². The SMILES string of the molecule is O=C(NCc1ccc(F)cc1)[C@@H]1C[C@@H](O)CN1C(=O)Nc1ccccc1F. The van der Waals surface area contributed by atoms with Gasteiger partial charge in [-0.2, -0.15) is 0 Å². The highest BCUT2D eigenvalue weighted by atomic mass is 19.1. The summed E-state index contributed by atoms with van der Waals surface area (Å²) < 4.78 is 26.6. The van der Waals surface area contributed by atoms with Crippen molar-refractivity contribution in [2.75, 3.05) is 11.9 Å². The van der Waals surface area contributed by atoms with Crippen molar-refractivity contribution in [3.63, 3.8) is 0 Å². The highest BCUT2D eigenvalue weighted by Gasteiger charge is 2.39. The summed E-state index contributed by atoms with van der Waals surface area (Å²) in [5.41, 5.74) is 0.694. The molecule has 6 nitrogen and oxygen atoms in total. The second-order valence-corrected chi connectivity index (χ2v) is 6.31. The molecule has 1 aliphatic heterocycles. The predicted molar refractivity (Wildman–Crippen MR) is 94.8 cm³/mol. The number of aliphatic hydroxyl groups excluding tert-OH is 1. The minimum atomic E-state index is -0.882. The first-order chi connectivity index (χ1) is 12.9. The molecular weight excluding hydrogens is 356 g/mol. The number of urea groups is 1. The first-order valence-electron chi connectivity index (χ1n) is 8.46. The number of anilines is 1. The number of carbonyl (C=O) groups is 2. The van der Waals surface area contributed by atoms with Crippen LogP contribution in [0.15, 0.2) is 48.5 Å². The van der Waals surface area contributed by atoms with Crippen LogP contribution in [-0.4, -0.2) is 40.6 Å². The fourth-order valence-electron chi connectivity index (χ4n) is 2.95. The lowest BCUT2D eigenvalue weighted by molar-refractivity contribution is -0.124. The number of β-amino-alcohol motifs (C(OH)–C–C–N with tert-alkyl or cyclic N) is 1. The van der Waals surface area contributed by atoms with E-state index in [2.05, 4.69) is 10.6 Å². The van der Waals surface area contributed by atoms with Crippen LogP contribution in [0.5, 0.6) is 0 Å². The van der Waals surface area contributed by atoms with Gasteiger partial charge in [-0.15, -0.1) is 0 Å². The molecule has 2 aromatic carbocycles. The standard InChI is InChI=1S/C19H19F2N3O3/c20-13-7-5-12(6-8-13)10-22-18(26)17-9-14(25)11-24(17)19(27)23-16-4-2-1-3-15(16)21/h1-8,14,17,25H,9-11H2,(H,22,26)(H,23,27)/t14-,17+/m1/s1. The number of hydrogen-bond acceptors (Lipinski definition) is 3. The van der Waals surface area contributed by atoms with Gasteiger partial charge in [-0.05, 0) is 29.8 Å². The van der Waals surface area contributed by atoms with Crippen LogP contribution in [0, 0.1) is 11.6 Å². The first-order valence-corrected chi connectivity index (χ1v) is 8.46. The lowest BCUT2D eigenvalue weighted by Gasteiger charge is -2.24. The summed E-state index contributed by atoms with van der Waals surface area (Å²) in [6.45, 7) is 0.128. The van der Waals surface area contributed by atoms with Gasteiger partial charge in [-0.1, -0.05) is 24.3 Å². The van der Waals surface area contributed by atoms with E-state index in [1.54, 1.807) is 18.2 Å². The van der Waals surface area contributed by atoms with Crippen LogP contribution in [0.3, 0.4) is 0 Å². The van der Waals surface area contributed by atoms with Gasteiger partial charge >= 0.3 is 6.03 Å². The zero-order valence-corrected chi connectivity index (χ0v) is 14.4. The van der Waals surface area contributed by atoms with Gasteiger partial charge in [-0.3, -0.25) is 4.79 Å². The van der Waals surface area contributed by atoms with Crippen LogP contribution in [0.25, 0.3) is 0 Å². The average Bonchev–Trinajstić information content (AvgIpc) is 3.05. The molecule has 1 fully saturated rings. The van der Waals surface area contributed by atoms with Gasteiger partial charge in [0.25, 0.3) is 0 Å². The molecule has 0 bridgehead atoms. The fraction of sp³-hybridized carbons (Fsp3) is 0.263. The maximum atomic E-state index is 13.7. The monoisotopic (exact) mass is 375 g/mol. The van der Waals surface area contributed by atoms with Gasteiger partial charge in [0.2, 0.25) is 5.91 Å². The number of amides is 3. The zero-order valence-electron chi connectivity index (χ0n) is 14.4. The second-order valence-electron chi connectivity index (χ2n) is 6.31. The predicted octanol–water partition coefficient (Wildman–Crippen LogP) is 2.25. The number of para-hydroxylation sites is 1. The third-order valence-corrected chi connectivity index (χ3v) is 4.34. The molecule has 3 N–H and O–H groups in total. The van der Waals surface area contributed by atoms with E-state index in [1.165, 1.54) is 35.2 Å². The molecule has 2 aromatic rings. The normalized spacial score (nSPS) is 19.0. The number of carbonyl (C=O) groups excluding carboxylic acids is 2. The van der Waals surface area contributed by atoms with E-state index < -0.39 is 29.9 Å². The van der Waals surface area contributed by atoms with Gasteiger partial charge < -0.3 is 20.6 Å². The lowest BCUT2D eigenvalue weighted by atomic mass is 10.1. The first kappa shape index (κ1) is 18.8. The molecule has 1 aliphatic rings. The van der Waals surface area contributed by atoms with Crippen molar-refractivity contribution in [2.24, 2.45) is 0 Å². The number of halogens is 2. The maximum absolute atomic E-state index is 13.7. The Morgan fingerprint density at radius 1 is 1.11 bits per heavy atom. The molecule has 0 saturated carbocycles. The Kier molecular flexibility index (Phi) is 5.66. The summed E-state index contributed by atoms with van der Waals surface area (Å²) in [6.07, 6.45) is -0.766. The number of nitrogens with zero attached hydrogens (tertiary/aromatic N) is 1. The van der Waals surface area contributed by atoms with Crippen molar-refractivity contribution in [3.8, 4) is 0 Å². The second kappa shape index (κ2) is 8.13. The molecule has 0 unspecified atom stereocenters. The third kappa shape index (κ3) is 4.59. The zero-order chi connectivity index (χ0) is 19.4. The van der Waals surface area contributed by atoms with E-state index in [1.807, 2.05) is 0 Å². The minimum absolute atomic E-state index is 0.00522. The Balaban J connectivity index is 1.64. The number of hydrogen-bond donors (Lipinski definition) is 3. The van der Waals surface area contributed by atoms with Gasteiger partial charge in [0.05, 0.1) is 11.8 Å². The van der Waals surface area contributed by atoms with Crippen LogP contribution in [-0.2, 0) is 11.3 Å². The molecule has 8 heteroatoms. The Morgan fingerprint density at radius 3 is 2.52 bits per heavy atom. The van der Waals surface area contributed by atoms with E-state index in [4.69, 9.17) is 0 Å². The highest BCUT2D eigenvalue weighted by Crippen LogP contribution is 2.21. The number of benzene rings is 2. The average molecular weight is 375 g/mol. The lowest BCUT2D eigenvalue weighted by Crippen LogP contribution is -2.47. The molecule has 2 atom stereocenters. The van der Waals surface area contributed by atoms with Gasteiger partial charge in [0, 0.05) is 19.5 Å². The van der Waals surface area contributed by atoms with Crippen LogP contribution in [0.1, 0.15) is 12.0 Å². The van der Waals surface area contributed by atoms with Crippen molar-refractivity contribution in [1.29, 1.82) is 0 Å². The number of likely N-dealkylation sites (tertiary alicyclic amines) is 1. The van der Waals surface area contributed by atoms with E-state index in [9.17, 15) is 23.5 Å². The fourth-order valence-corrected chi connectivity index (χ4v) is 2.95. The van der Waals surface area contributed by atoms with Gasteiger partial charge in [-0.25, -0.2) is 13.6 Å². The molecule has 3 rings (SSSR count). The van der Waals surface area contributed by atoms with Crippen LogP contribution in [0.2, 0.25) is 0 Å². The Hall–Kier alpha value is -3.00. The Bertz CT molecular complexity index is 829. The highest BCUT2D eigenvalue weighted by molar-refractivity contribution is 5.94. The smallest absolute Gasteiger partial charge is 0.322 e. The molecule has 1 heterocycles. The van der Waals surface area contributed by atoms with Crippen LogP contribution in [0.4, 0.5) is 19.3 Å². The Morgan fingerprint density at radius 2 is 1.81 bits per heavy atom. The van der Waals surface area contributed by atoms with Crippen molar-refractivity contribution >= 4 is 17.6 Å². The largest absolute Gasteiger partial charge is 0.391 e. The molecule has 0 spiro atoms. The Labute approximate surface area is 154 Å². The molecule has 0 aliphatic carbocycles. The van der Waals surface area contributed by atoms with E-state index in [-0.39, 0.29) is 31.0 Å². The number of rotatable bonds is 4. The van der Waals surface area contributed by atoms with E-state index in [0.717, 1.165) is 0 Å². The van der Waals surface area contributed by atoms with Gasteiger partial charge in [0.15, 0.2) is 0 Å². The van der Waals surface area contributed by atoms with Crippen molar-refractivity contribution in [1.82, 2.24) is 10.2 Å². The summed E-state index contributed by atoms with van der Waals surface area (Å²) in [6, 6.07) is 9.80. The van der Waals surface area contributed by atoms with Crippen molar-refractivity contribution < 1.29 is 23.5 Å². The third-order valence-electron chi connectivity index (χ3n) is 4.34. The quantitative estimate of drug-likeness (QED) is 0.767. The summed E-state index contributed by atoms with van der Waals surface area (Å²) in [7, 11) is 0. The molecule has 0 aromatic heterocycles. The van der Waals surface area contributed by atoms with Gasteiger partial charge in [0.1, 0.15) is 17.7 Å². The molecule has 27 heavy (non-hydrogen) atoms. The summed E-state index contributed by atoms with van der Waals surface area (Å²) in [5.74, 6) is -1.41. The topological polar surface area (TPSA) is 81.7 Å².